The summed E-state index contributed by atoms with van der Waals surface area (Å²) in [6.07, 6.45) is 1.27. The number of aliphatic hydroxyl groups is 1. The van der Waals surface area contributed by atoms with Crippen LogP contribution < -0.4 is 4.72 Å². The summed E-state index contributed by atoms with van der Waals surface area (Å²) >= 11 is 0. The van der Waals surface area contributed by atoms with Crippen LogP contribution in [-0.2, 0) is 16.6 Å². The maximum atomic E-state index is 12.7. The molecule has 1 rings (SSSR count). The third kappa shape index (κ3) is 3.47. The van der Waals surface area contributed by atoms with Crippen molar-refractivity contribution in [3.05, 3.63) is 12.0 Å². The van der Waals surface area contributed by atoms with E-state index in [1.807, 2.05) is 0 Å². The lowest BCUT2D eigenvalue weighted by Crippen LogP contribution is -2.39. The van der Waals surface area contributed by atoms with Gasteiger partial charge in [0.15, 0.2) is 5.03 Å². The first-order valence-corrected chi connectivity index (χ1v) is 6.72. The van der Waals surface area contributed by atoms with Crippen LogP contribution in [0.1, 0.15) is 12.7 Å². The van der Waals surface area contributed by atoms with Crippen LogP contribution in [-0.4, -0.2) is 42.1 Å². The van der Waals surface area contributed by atoms with E-state index in [0.29, 0.717) is 12.4 Å². The summed E-state index contributed by atoms with van der Waals surface area (Å²) in [6.45, 7) is 1.37. The maximum absolute atomic E-state index is 12.7. The van der Waals surface area contributed by atoms with E-state index in [-0.39, 0.29) is 5.03 Å². The van der Waals surface area contributed by atoms with Crippen LogP contribution in [0.3, 0.4) is 0 Å². The number of aryl methyl sites for hydroxylation is 2. The molecule has 0 atom stereocenters. The zero-order chi connectivity index (χ0) is 14.0. The number of sulfonamides is 1. The quantitative estimate of drug-likeness (QED) is 0.776. The normalized spacial score (nSPS) is 12.9. The lowest BCUT2D eigenvalue weighted by atomic mass is 10.4. The Labute approximate surface area is 104 Å². The number of aromatic nitrogens is 2. The number of aliphatic hydroxyl groups excluding tert-OH is 1. The Kier molecular flexibility index (Phi) is 4.41. The molecule has 0 radical (unpaired) electrons. The van der Waals surface area contributed by atoms with Crippen molar-refractivity contribution in [2.75, 3.05) is 13.2 Å². The molecule has 1 aromatic heterocycles. The molecule has 9 heteroatoms. The second kappa shape index (κ2) is 5.29. The van der Waals surface area contributed by atoms with Crippen molar-refractivity contribution in [1.82, 2.24) is 14.3 Å². The molecule has 1 aromatic rings. The molecule has 0 bridgehead atoms. The van der Waals surface area contributed by atoms with Gasteiger partial charge in [-0.15, -0.1) is 0 Å². The summed E-state index contributed by atoms with van der Waals surface area (Å²) in [7, 11) is -4.09. The van der Waals surface area contributed by atoms with Crippen LogP contribution in [0, 0.1) is 6.92 Å². The van der Waals surface area contributed by atoms with E-state index < -0.39 is 29.1 Å². The molecule has 18 heavy (non-hydrogen) atoms. The van der Waals surface area contributed by atoms with Gasteiger partial charge in [0.05, 0.1) is 6.54 Å². The third-order valence-corrected chi connectivity index (χ3v) is 3.59. The van der Waals surface area contributed by atoms with Gasteiger partial charge in [-0.25, -0.2) is 26.9 Å². The Morgan fingerprint density at radius 2 is 2.17 bits per heavy atom. The van der Waals surface area contributed by atoms with Crippen LogP contribution in [0.4, 0.5) is 8.78 Å². The van der Waals surface area contributed by atoms with E-state index in [0.717, 1.165) is 0 Å². The second-order valence-corrected chi connectivity index (χ2v) is 5.46. The van der Waals surface area contributed by atoms with Gasteiger partial charge in [-0.3, -0.25) is 0 Å². The fourth-order valence-corrected chi connectivity index (χ4v) is 2.33. The molecule has 0 aliphatic heterocycles. The molecule has 0 fully saturated rings. The van der Waals surface area contributed by atoms with Gasteiger partial charge in [-0.2, -0.15) is 0 Å². The maximum Gasteiger partial charge on any atom is 0.283 e. The molecule has 0 unspecified atom stereocenters. The van der Waals surface area contributed by atoms with Crippen LogP contribution in [0.15, 0.2) is 11.2 Å². The highest BCUT2D eigenvalue weighted by atomic mass is 32.2. The van der Waals surface area contributed by atoms with E-state index in [2.05, 4.69) is 4.98 Å². The van der Waals surface area contributed by atoms with E-state index in [9.17, 15) is 17.2 Å². The number of rotatable bonds is 6. The van der Waals surface area contributed by atoms with Crippen molar-refractivity contribution in [2.45, 2.75) is 31.3 Å². The lowest BCUT2D eigenvalue weighted by Gasteiger charge is -2.13. The van der Waals surface area contributed by atoms with Gasteiger partial charge in [0, 0.05) is 12.7 Å². The lowest BCUT2D eigenvalue weighted by molar-refractivity contribution is -0.0437. The van der Waals surface area contributed by atoms with Crippen LogP contribution >= 0.6 is 0 Å². The Balaban J connectivity index is 2.86. The average Bonchev–Trinajstić information content (AvgIpc) is 2.69. The molecule has 0 saturated heterocycles. The summed E-state index contributed by atoms with van der Waals surface area (Å²) in [5.41, 5.74) is 0. The fourth-order valence-electron chi connectivity index (χ4n) is 1.26. The largest absolute Gasteiger partial charge is 0.390 e. The molecular weight excluding hydrogens is 268 g/mol. The molecule has 0 aliphatic rings. The minimum Gasteiger partial charge on any atom is -0.390 e. The molecule has 6 nitrogen and oxygen atoms in total. The molecule has 0 aliphatic carbocycles. The van der Waals surface area contributed by atoms with Gasteiger partial charge in [0.1, 0.15) is 12.4 Å². The number of nitrogens with zero attached hydrogens (tertiary/aromatic N) is 2. The van der Waals surface area contributed by atoms with E-state index in [1.165, 1.54) is 6.20 Å². The molecule has 0 aromatic carbocycles. The van der Waals surface area contributed by atoms with Gasteiger partial charge in [0.25, 0.3) is 15.9 Å². The number of imidazole rings is 1. The van der Waals surface area contributed by atoms with Gasteiger partial charge in [-0.1, -0.05) is 0 Å². The van der Waals surface area contributed by atoms with Crippen LogP contribution in [0.2, 0.25) is 0 Å². The summed E-state index contributed by atoms with van der Waals surface area (Å²) in [5.74, 6) is -3.01. The van der Waals surface area contributed by atoms with Gasteiger partial charge in [-0.05, 0) is 13.8 Å². The molecular formula is C9H15F2N3O3S. The van der Waals surface area contributed by atoms with Crippen molar-refractivity contribution in [2.24, 2.45) is 0 Å². The molecule has 104 valence electrons. The van der Waals surface area contributed by atoms with Gasteiger partial charge < -0.3 is 9.67 Å². The van der Waals surface area contributed by atoms with Crippen LogP contribution in [0.5, 0.6) is 0 Å². The number of hydrogen-bond donors (Lipinski definition) is 2. The van der Waals surface area contributed by atoms with Crippen molar-refractivity contribution in [1.29, 1.82) is 0 Å². The molecule has 0 spiro atoms. The minimum absolute atomic E-state index is 0.310. The first-order chi connectivity index (χ1) is 8.22. The highest BCUT2D eigenvalue weighted by Crippen LogP contribution is 2.13. The Hall–Kier alpha value is -1.06. The van der Waals surface area contributed by atoms with E-state index >= 15 is 0 Å². The molecule has 2 N–H and O–H groups in total. The van der Waals surface area contributed by atoms with Crippen LogP contribution in [0.25, 0.3) is 0 Å². The van der Waals surface area contributed by atoms with Gasteiger partial charge >= 0.3 is 0 Å². The first kappa shape index (κ1) is 15.0. The molecule has 0 saturated carbocycles. The number of halogens is 2. The first-order valence-electron chi connectivity index (χ1n) is 5.24. The number of nitrogens with one attached hydrogen (secondary N) is 1. The minimum atomic E-state index is -4.09. The zero-order valence-corrected chi connectivity index (χ0v) is 10.8. The van der Waals surface area contributed by atoms with Crippen molar-refractivity contribution >= 4 is 10.0 Å². The average molecular weight is 283 g/mol. The van der Waals surface area contributed by atoms with Crippen molar-refractivity contribution in [3.8, 4) is 0 Å². The predicted molar refractivity (Wildman–Crippen MR) is 59.9 cm³/mol. The summed E-state index contributed by atoms with van der Waals surface area (Å²) in [6, 6.07) is 0. The Morgan fingerprint density at radius 3 is 2.61 bits per heavy atom. The predicted octanol–water partition coefficient (Wildman–Crippen LogP) is 0.117. The van der Waals surface area contributed by atoms with E-state index in [4.69, 9.17) is 5.11 Å². The third-order valence-electron chi connectivity index (χ3n) is 2.32. The summed E-state index contributed by atoms with van der Waals surface area (Å²) < 4.78 is 52.1. The van der Waals surface area contributed by atoms with Crippen molar-refractivity contribution in [3.63, 3.8) is 0 Å². The number of hydrogen-bond acceptors (Lipinski definition) is 4. The molecule has 0 amide bonds. The molecule has 1 heterocycles. The standard InChI is InChI=1S/C9H15F2N3O3S/c1-3-14-4-8(13-7(14)2)18(16,17)12-5-9(10,11)6-15/h4,12,15H,3,5-6H2,1-2H3. The highest BCUT2D eigenvalue weighted by molar-refractivity contribution is 7.89. The Bertz CT molecular complexity index is 513. The topological polar surface area (TPSA) is 84.2 Å². The smallest absolute Gasteiger partial charge is 0.283 e. The fraction of sp³-hybridized carbons (Fsp3) is 0.667. The second-order valence-electron chi connectivity index (χ2n) is 3.75. The summed E-state index contributed by atoms with van der Waals surface area (Å²) in [5, 5.41) is 8.03. The number of alkyl halides is 2. The monoisotopic (exact) mass is 283 g/mol. The SMILES string of the molecule is CCn1cc(S(=O)(=O)NCC(F)(F)CO)nc1C. The Morgan fingerprint density at radius 1 is 1.56 bits per heavy atom. The highest BCUT2D eigenvalue weighted by Gasteiger charge is 2.31. The zero-order valence-electron chi connectivity index (χ0n) is 10.0. The van der Waals surface area contributed by atoms with E-state index in [1.54, 1.807) is 23.1 Å². The van der Waals surface area contributed by atoms with Crippen molar-refractivity contribution < 1.29 is 22.3 Å². The van der Waals surface area contributed by atoms with Gasteiger partial charge in [0.2, 0.25) is 0 Å². The summed E-state index contributed by atoms with van der Waals surface area (Å²) in [4.78, 5) is 3.78.